The molecule has 0 bridgehead atoms. The number of nitrogens with zero attached hydrogens (tertiary/aromatic N) is 3. The molecule has 0 radical (unpaired) electrons. The smallest absolute Gasteiger partial charge is 0.475 e. The maximum atomic E-state index is 13.6. The number of likely N-dealkylation sites (tertiary alicyclic amines) is 1. The number of halogens is 3. The number of aryl methyl sites for hydroxylation is 2. The van der Waals surface area contributed by atoms with E-state index in [2.05, 4.69) is 17.1 Å². The molecule has 2 N–H and O–H groups in total. The van der Waals surface area contributed by atoms with Crippen LogP contribution in [0.2, 0.25) is 0 Å². The topological polar surface area (TPSA) is 110 Å². The molecule has 2 aliphatic rings. The molecule has 0 spiro atoms. The predicted molar refractivity (Wildman–Crippen MR) is 133 cm³/mol. The molecule has 2 aliphatic heterocycles. The Hall–Kier alpha value is -2.22. The first kappa shape index (κ1) is 31.0. The van der Waals surface area contributed by atoms with E-state index in [9.17, 15) is 26.4 Å². The summed E-state index contributed by atoms with van der Waals surface area (Å²) in [6.45, 7) is 10.6. The molecule has 0 aliphatic carbocycles. The number of rotatable bonds is 7. The van der Waals surface area contributed by atoms with E-state index in [1.807, 2.05) is 26.0 Å². The van der Waals surface area contributed by atoms with E-state index in [1.165, 1.54) is 10.7 Å². The van der Waals surface area contributed by atoms with Crippen molar-refractivity contribution in [1.82, 2.24) is 19.4 Å². The first-order chi connectivity index (χ1) is 17.2. The third kappa shape index (κ3) is 9.24. The quantitative estimate of drug-likeness (QED) is 0.536. The predicted octanol–water partition coefficient (Wildman–Crippen LogP) is 2.23. The van der Waals surface area contributed by atoms with Gasteiger partial charge >= 0.3 is 12.1 Å². The summed E-state index contributed by atoms with van der Waals surface area (Å²) < 4.78 is 60.3. The minimum absolute atomic E-state index is 0.0993. The minimum Gasteiger partial charge on any atom is -0.475 e. The largest absolute Gasteiger partial charge is 0.490 e. The van der Waals surface area contributed by atoms with Crippen LogP contribution in [0.15, 0.2) is 23.1 Å². The molecule has 1 aromatic rings. The minimum atomic E-state index is -5.08. The van der Waals surface area contributed by atoms with Crippen molar-refractivity contribution in [1.29, 1.82) is 0 Å². The molecule has 9 nitrogen and oxygen atoms in total. The fourth-order valence-corrected chi connectivity index (χ4v) is 5.99. The van der Waals surface area contributed by atoms with Crippen LogP contribution in [0.3, 0.4) is 0 Å². The van der Waals surface area contributed by atoms with E-state index in [1.54, 1.807) is 11.0 Å². The summed E-state index contributed by atoms with van der Waals surface area (Å²) in [6.07, 6.45) is -1.57. The van der Waals surface area contributed by atoms with E-state index in [-0.39, 0.29) is 12.5 Å². The van der Waals surface area contributed by atoms with Gasteiger partial charge in [-0.25, -0.2) is 13.2 Å². The highest BCUT2D eigenvalue weighted by Gasteiger charge is 2.38. The van der Waals surface area contributed by atoms with Crippen molar-refractivity contribution in [3.8, 4) is 0 Å². The van der Waals surface area contributed by atoms with E-state index < -0.39 is 22.2 Å². The number of aliphatic carboxylic acids is 1. The van der Waals surface area contributed by atoms with Crippen molar-refractivity contribution < 1.29 is 36.3 Å². The van der Waals surface area contributed by atoms with Gasteiger partial charge < -0.3 is 15.3 Å². The lowest BCUT2D eigenvalue weighted by Crippen LogP contribution is -2.51. The van der Waals surface area contributed by atoms with Gasteiger partial charge in [0.15, 0.2) is 0 Å². The van der Waals surface area contributed by atoms with Gasteiger partial charge in [0.2, 0.25) is 15.9 Å². The molecule has 2 fully saturated rings. The van der Waals surface area contributed by atoms with Crippen LogP contribution < -0.4 is 5.32 Å². The van der Waals surface area contributed by atoms with Crippen molar-refractivity contribution >= 4 is 21.9 Å². The van der Waals surface area contributed by atoms with Gasteiger partial charge in [0.05, 0.1) is 11.4 Å². The highest BCUT2D eigenvalue weighted by molar-refractivity contribution is 7.89. The summed E-state index contributed by atoms with van der Waals surface area (Å²) in [7, 11) is -3.76. The van der Waals surface area contributed by atoms with Crippen LogP contribution in [0, 0.1) is 13.8 Å². The zero-order chi connectivity index (χ0) is 27.8. The number of hydrogen-bond acceptors (Lipinski definition) is 6. The lowest BCUT2D eigenvalue weighted by Gasteiger charge is -2.35. The first-order valence-electron chi connectivity index (χ1n) is 12.3. The molecule has 1 atom stereocenters. The number of sulfonamides is 1. The molecular formula is C24H37F3N4O5S. The number of carboxylic acids is 1. The molecule has 37 heavy (non-hydrogen) atoms. The lowest BCUT2D eigenvalue weighted by atomic mass is 10.0. The van der Waals surface area contributed by atoms with E-state index in [4.69, 9.17) is 9.90 Å². The Morgan fingerprint density at radius 2 is 1.76 bits per heavy atom. The van der Waals surface area contributed by atoms with Crippen LogP contribution in [0.25, 0.3) is 0 Å². The molecule has 210 valence electrons. The Morgan fingerprint density at radius 1 is 1.14 bits per heavy atom. The highest BCUT2D eigenvalue weighted by Crippen LogP contribution is 2.22. The number of carbonyl (C=O) groups is 2. The molecule has 2 saturated heterocycles. The van der Waals surface area contributed by atoms with Gasteiger partial charge in [-0.2, -0.15) is 17.5 Å². The second kappa shape index (κ2) is 13.5. The molecule has 13 heteroatoms. The fourth-order valence-electron chi connectivity index (χ4n) is 4.41. The molecule has 2 heterocycles. The van der Waals surface area contributed by atoms with Crippen molar-refractivity contribution in [3.63, 3.8) is 0 Å². The number of piperidine rings is 1. The maximum Gasteiger partial charge on any atom is 0.490 e. The average molecular weight is 551 g/mol. The molecule has 0 saturated carbocycles. The van der Waals surface area contributed by atoms with Gasteiger partial charge in [-0.1, -0.05) is 24.1 Å². The number of carbonyl (C=O) groups excluding carboxylic acids is 1. The normalized spacial score (nSPS) is 19.3. The number of alkyl halides is 3. The highest BCUT2D eigenvalue weighted by atomic mass is 32.2. The van der Waals surface area contributed by atoms with Crippen molar-refractivity contribution in [2.45, 2.75) is 57.1 Å². The SMILES string of the molecule is Cc1ccc(S(=O)(=O)N(CCN2CCCCC2C)CC(=O)N2CCNCC2)c(C)c1.O=C(O)C(F)(F)F. The van der Waals surface area contributed by atoms with Gasteiger partial charge in [-0.05, 0) is 51.8 Å². The molecule has 1 aromatic carbocycles. The second-order valence-electron chi connectivity index (χ2n) is 9.42. The third-order valence-electron chi connectivity index (χ3n) is 6.55. The Balaban J connectivity index is 0.000000604. The number of nitrogens with one attached hydrogen (secondary N) is 1. The summed E-state index contributed by atoms with van der Waals surface area (Å²) in [4.78, 5) is 26.2. The molecule has 3 rings (SSSR count). The summed E-state index contributed by atoms with van der Waals surface area (Å²) in [6, 6.07) is 5.83. The van der Waals surface area contributed by atoms with Crippen LogP contribution >= 0.6 is 0 Å². The molecule has 1 amide bonds. The van der Waals surface area contributed by atoms with Gasteiger partial charge in [0.1, 0.15) is 0 Å². The number of carboxylic acid groups (broad SMARTS) is 1. The van der Waals surface area contributed by atoms with Crippen LogP contribution in [0.4, 0.5) is 13.2 Å². The Bertz CT molecular complexity index is 1030. The number of amides is 1. The fraction of sp³-hybridized carbons (Fsp3) is 0.667. The molecule has 1 unspecified atom stereocenters. The van der Waals surface area contributed by atoms with Crippen molar-refractivity contribution in [3.05, 3.63) is 29.3 Å². The van der Waals surface area contributed by atoms with Crippen LogP contribution in [0.1, 0.15) is 37.3 Å². The zero-order valence-corrected chi connectivity index (χ0v) is 22.4. The van der Waals surface area contributed by atoms with Gasteiger partial charge in [0.25, 0.3) is 0 Å². The molecular weight excluding hydrogens is 513 g/mol. The summed E-state index contributed by atoms with van der Waals surface area (Å²) in [5.74, 6) is -2.87. The van der Waals surface area contributed by atoms with Crippen LogP contribution in [0.5, 0.6) is 0 Å². The van der Waals surface area contributed by atoms with Gasteiger partial charge in [0, 0.05) is 45.3 Å². The van der Waals surface area contributed by atoms with E-state index >= 15 is 0 Å². The third-order valence-corrected chi connectivity index (χ3v) is 8.55. The second-order valence-corrected chi connectivity index (χ2v) is 11.3. The number of piperazine rings is 1. The monoisotopic (exact) mass is 550 g/mol. The lowest BCUT2D eigenvalue weighted by molar-refractivity contribution is -0.192. The Labute approximate surface area is 216 Å². The number of hydrogen-bond donors (Lipinski definition) is 2. The summed E-state index contributed by atoms with van der Waals surface area (Å²) >= 11 is 0. The van der Waals surface area contributed by atoms with Crippen LogP contribution in [-0.2, 0) is 19.6 Å². The van der Waals surface area contributed by atoms with E-state index in [0.29, 0.717) is 37.1 Å². The summed E-state index contributed by atoms with van der Waals surface area (Å²) in [5.41, 5.74) is 1.75. The first-order valence-corrected chi connectivity index (χ1v) is 13.8. The standard InChI is InChI=1S/C22H36N4O3S.C2HF3O2/c1-18-7-8-21(19(2)16-18)30(28,29)26(15-14-24-11-5-4-6-20(24)3)17-22(27)25-12-9-23-10-13-25;3-2(4,5)1(6)7/h7-8,16,20,23H,4-6,9-15,17H2,1-3H3;(H,6,7). The van der Waals surface area contributed by atoms with Crippen molar-refractivity contribution in [2.24, 2.45) is 0 Å². The Kier molecular flexibility index (Phi) is 11.3. The van der Waals surface area contributed by atoms with Gasteiger partial charge in [-0.15, -0.1) is 0 Å². The van der Waals surface area contributed by atoms with Crippen LogP contribution in [-0.4, -0.2) is 104 Å². The maximum absolute atomic E-state index is 13.6. The average Bonchev–Trinajstić information content (AvgIpc) is 2.82. The van der Waals surface area contributed by atoms with E-state index in [0.717, 1.165) is 43.6 Å². The summed E-state index contributed by atoms with van der Waals surface area (Å²) in [5, 5.41) is 10.4. The zero-order valence-electron chi connectivity index (χ0n) is 21.6. The molecule has 0 aromatic heterocycles. The van der Waals surface area contributed by atoms with Crippen molar-refractivity contribution in [2.75, 3.05) is 52.4 Å². The van der Waals surface area contributed by atoms with Gasteiger partial charge in [-0.3, -0.25) is 9.69 Å². The Morgan fingerprint density at radius 3 is 2.30 bits per heavy atom. The number of benzene rings is 1.